The summed E-state index contributed by atoms with van der Waals surface area (Å²) in [6, 6.07) is 7.28. The van der Waals surface area contributed by atoms with Gasteiger partial charge in [0.15, 0.2) is 0 Å². The van der Waals surface area contributed by atoms with Gasteiger partial charge in [0.25, 0.3) is 0 Å². The average molecular weight is 280 g/mol. The molecule has 1 fully saturated rings. The van der Waals surface area contributed by atoms with Crippen molar-refractivity contribution in [2.45, 2.75) is 31.8 Å². The molecule has 1 aromatic rings. The van der Waals surface area contributed by atoms with Crippen LogP contribution in [0.15, 0.2) is 24.3 Å². The van der Waals surface area contributed by atoms with Crippen molar-refractivity contribution in [3.8, 4) is 0 Å². The topological polar surface area (TPSA) is 38.5 Å². The highest BCUT2D eigenvalue weighted by Gasteiger charge is 2.29. The molecule has 0 amide bonds. The minimum Gasteiger partial charge on any atom is -0.381 e. The van der Waals surface area contributed by atoms with E-state index in [0.717, 1.165) is 31.6 Å². The fourth-order valence-corrected chi connectivity index (χ4v) is 3.11. The van der Waals surface area contributed by atoms with Gasteiger partial charge in [0.2, 0.25) is 0 Å². The Morgan fingerprint density at radius 1 is 1.35 bits per heavy atom. The number of hydrogen-bond donors (Lipinski definition) is 1. The quantitative estimate of drug-likeness (QED) is 0.901. The van der Waals surface area contributed by atoms with E-state index in [0.29, 0.717) is 12.5 Å². The maximum Gasteiger partial charge on any atom is 0.127 e. The fraction of sp³-hybridized carbons (Fsp3) is 0.625. The lowest BCUT2D eigenvalue weighted by Crippen LogP contribution is -2.46. The summed E-state index contributed by atoms with van der Waals surface area (Å²) in [5.74, 6) is 0.391. The molecule has 0 spiro atoms. The van der Waals surface area contributed by atoms with Crippen molar-refractivity contribution < 1.29 is 9.13 Å². The van der Waals surface area contributed by atoms with E-state index in [1.807, 2.05) is 26.1 Å². The highest BCUT2D eigenvalue weighted by Crippen LogP contribution is 2.29. The largest absolute Gasteiger partial charge is 0.381 e. The van der Waals surface area contributed by atoms with E-state index < -0.39 is 0 Å². The number of nitrogens with two attached hydrogens (primary N) is 1. The molecule has 3 nitrogen and oxygen atoms in total. The van der Waals surface area contributed by atoms with E-state index in [1.54, 1.807) is 6.07 Å². The van der Waals surface area contributed by atoms with E-state index in [-0.39, 0.29) is 17.9 Å². The zero-order valence-corrected chi connectivity index (χ0v) is 12.4. The van der Waals surface area contributed by atoms with Gasteiger partial charge in [0, 0.05) is 37.4 Å². The second-order valence-electron chi connectivity index (χ2n) is 5.62. The zero-order chi connectivity index (χ0) is 14.5. The first-order valence-corrected chi connectivity index (χ1v) is 7.39. The first kappa shape index (κ1) is 15.4. The zero-order valence-electron chi connectivity index (χ0n) is 12.4. The smallest absolute Gasteiger partial charge is 0.127 e. The standard InChI is InChI=1S/C16H25FN2O/c1-12(14-5-3-4-6-15(14)17)19(2)16(11-18)13-7-9-20-10-8-13/h3-6,12-13,16H,7-11,18H2,1-2H3. The molecule has 2 rings (SSSR count). The fourth-order valence-electron chi connectivity index (χ4n) is 3.11. The molecule has 1 saturated heterocycles. The van der Waals surface area contributed by atoms with E-state index in [1.165, 1.54) is 6.07 Å². The molecule has 2 unspecified atom stereocenters. The Morgan fingerprint density at radius 2 is 2.00 bits per heavy atom. The number of rotatable bonds is 5. The molecule has 0 aromatic heterocycles. The van der Waals surface area contributed by atoms with Crippen LogP contribution in [0.4, 0.5) is 4.39 Å². The van der Waals surface area contributed by atoms with Gasteiger partial charge in [-0.3, -0.25) is 4.90 Å². The molecule has 0 saturated carbocycles. The summed E-state index contributed by atoms with van der Waals surface area (Å²) < 4.78 is 19.4. The van der Waals surface area contributed by atoms with Crippen molar-refractivity contribution in [3.05, 3.63) is 35.6 Å². The van der Waals surface area contributed by atoms with Crippen molar-refractivity contribution in [2.75, 3.05) is 26.8 Å². The van der Waals surface area contributed by atoms with Crippen LogP contribution in [0, 0.1) is 11.7 Å². The van der Waals surface area contributed by atoms with Gasteiger partial charge in [-0.15, -0.1) is 0 Å². The molecule has 0 radical (unpaired) electrons. The highest BCUT2D eigenvalue weighted by atomic mass is 19.1. The molecule has 4 heteroatoms. The van der Waals surface area contributed by atoms with Crippen molar-refractivity contribution in [3.63, 3.8) is 0 Å². The number of hydrogen-bond acceptors (Lipinski definition) is 3. The van der Waals surface area contributed by atoms with E-state index in [2.05, 4.69) is 4.90 Å². The van der Waals surface area contributed by atoms with Crippen molar-refractivity contribution in [2.24, 2.45) is 11.7 Å². The van der Waals surface area contributed by atoms with E-state index in [9.17, 15) is 4.39 Å². The van der Waals surface area contributed by atoms with E-state index in [4.69, 9.17) is 10.5 Å². The summed E-state index contributed by atoms with van der Waals surface area (Å²) in [5, 5.41) is 0. The van der Waals surface area contributed by atoms with Crippen LogP contribution in [0.25, 0.3) is 0 Å². The van der Waals surface area contributed by atoms with Crippen LogP contribution in [-0.4, -0.2) is 37.7 Å². The molecule has 0 bridgehead atoms. The normalized spacial score (nSPS) is 20.1. The molecule has 1 heterocycles. The van der Waals surface area contributed by atoms with E-state index >= 15 is 0 Å². The maximum atomic E-state index is 13.9. The number of benzene rings is 1. The molecular formula is C16H25FN2O. The molecule has 1 aromatic carbocycles. The molecule has 112 valence electrons. The van der Waals surface area contributed by atoms with Crippen molar-refractivity contribution in [1.29, 1.82) is 0 Å². The number of likely N-dealkylation sites (N-methyl/N-ethyl adjacent to an activating group) is 1. The lowest BCUT2D eigenvalue weighted by atomic mass is 9.89. The summed E-state index contributed by atoms with van der Waals surface area (Å²) in [6.45, 7) is 4.26. The lowest BCUT2D eigenvalue weighted by molar-refractivity contribution is 0.0248. The molecule has 0 aliphatic carbocycles. The average Bonchev–Trinajstić information content (AvgIpc) is 2.49. The van der Waals surface area contributed by atoms with Gasteiger partial charge in [-0.2, -0.15) is 0 Å². The Bertz CT molecular complexity index is 421. The van der Waals surface area contributed by atoms with Gasteiger partial charge in [-0.05, 0) is 38.8 Å². The number of halogens is 1. The highest BCUT2D eigenvalue weighted by molar-refractivity contribution is 5.20. The summed E-state index contributed by atoms with van der Waals surface area (Å²) in [6.07, 6.45) is 2.08. The SMILES string of the molecule is CC(c1ccccc1F)N(C)C(CN)C1CCOCC1. The third kappa shape index (κ3) is 3.37. The lowest BCUT2D eigenvalue weighted by Gasteiger charge is -2.39. The predicted octanol–water partition coefficient (Wildman–Crippen LogP) is 2.57. The first-order chi connectivity index (χ1) is 9.65. The Kier molecular flexibility index (Phi) is 5.52. The van der Waals surface area contributed by atoms with Crippen LogP contribution in [-0.2, 0) is 4.74 Å². The Morgan fingerprint density at radius 3 is 2.60 bits per heavy atom. The summed E-state index contributed by atoms with van der Waals surface area (Å²) in [7, 11) is 2.05. The molecule has 1 aliphatic rings. The van der Waals surface area contributed by atoms with Gasteiger partial charge < -0.3 is 10.5 Å². The summed E-state index contributed by atoms with van der Waals surface area (Å²) in [5.41, 5.74) is 6.72. The number of nitrogens with zero attached hydrogens (tertiary/aromatic N) is 1. The summed E-state index contributed by atoms with van der Waals surface area (Å²) >= 11 is 0. The Balaban J connectivity index is 2.11. The van der Waals surface area contributed by atoms with Gasteiger partial charge in [0.1, 0.15) is 5.82 Å². The third-order valence-electron chi connectivity index (χ3n) is 4.54. The molecule has 2 atom stereocenters. The Hall–Kier alpha value is -0.970. The molecular weight excluding hydrogens is 255 g/mol. The van der Waals surface area contributed by atoms with Crippen molar-refractivity contribution >= 4 is 0 Å². The Labute approximate surface area is 120 Å². The monoisotopic (exact) mass is 280 g/mol. The predicted molar refractivity (Wildman–Crippen MR) is 79.0 cm³/mol. The summed E-state index contributed by atoms with van der Waals surface area (Å²) in [4.78, 5) is 2.22. The molecule has 2 N–H and O–H groups in total. The van der Waals surface area contributed by atoms with Crippen LogP contribution < -0.4 is 5.73 Å². The third-order valence-corrected chi connectivity index (χ3v) is 4.54. The van der Waals surface area contributed by atoms with Crippen molar-refractivity contribution in [1.82, 2.24) is 4.90 Å². The van der Waals surface area contributed by atoms with Crippen LogP contribution >= 0.6 is 0 Å². The van der Waals surface area contributed by atoms with Gasteiger partial charge >= 0.3 is 0 Å². The number of ether oxygens (including phenoxy) is 1. The second kappa shape index (κ2) is 7.16. The van der Waals surface area contributed by atoms with Crippen LogP contribution in [0.5, 0.6) is 0 Å². The second-order valence-corrected chi connectivity index (χ2v) is 5.62. The van der Waals surface area contributed by atoms with Gasteiger partial charge in [0.05, 0.1) is 0 Å². The van der Waals surface area contributed by atoms with Gasteiger partial charge in [-0.1, -0.05) is 18.2 Å². The minimum absolute atomic E-state index is 0.0209. The maximum absolute atomic E-state index is 13.9. The minimum atomic E-state index is -0.144. The van der Waals surface area contributed by atoms with Crippen LogP contribution in [0.3, 0.4) is 0 Å². The van der Waals surface area contributed by atoms with Crippen LogP contribution in [0.2, 0.25) is 0 Å². The van der Waals surface area contributed by atoms with Crippen LogP contribution in [0.1, 0.15) is 31.4 Å². The van der Waals surface area contributed by atoms with Gasteiger partial charge in [-0.25, -0.2) is 4.39 Å². The molecule has 20 heavy (non-hydrogen) atoms. The molecule has 1 aliphatic heterocycles. The first-order valence-electron chi connectivity index (χ1n) is 7.39.